The van der Waals surface area contributed by atoms with E-state index in [1.54, 1.807) is 21.3 Å². The first-order valence-corrected chi connectivity index (χ1v) is 11.1. The molecular weight excluding hydrogens is 400 g/mol. The van der Waals surface area contributed by atoms with Gasteiger partial charge < -0.3 is 19.3 Å². The van der Waals surface area contributed by atoms with Crippen LogP contribution in [0.1, 0.15) is 55.1 Å². The summed E-state index contributed by atoms with van der Waals surface area (Å²) in [4.78, 5) is 0. The molecule has 2 saturated carbocycles. The molecule has 0 heterocycles. The summed E-state index contributed by atoms with van der Waals surface area (Å²) in [6, 6.07) is 12.4. The van der Waals surface area contributed by atoms with Gasteiger partial charge in [0.2, 0.25) is 0 Å². The molecule has 0 bridgehead atoms. The van der Waals surface area contributed by atoms with E-state index < -0.39 is 0 Å². The molecule has 0 aliphatic heterocycles. The molecule has 0 saturated heterocycles. The Balaban J connectivity index is 1.56. The highest BCUT2D eigenvalue weighted by atomic mass is 35.5. The Bertz CT molecular complexity index is 883. The molecule has 4 nitrogen and oxygen atoms in total. The first kappa shape index (κ1) is 21.3. The number of hydrogen-bond acceptors (Lipinski definition) is 4. The van der Waals surface area contributed by atoms with Gasteiger partial charge in [-0.2, -0.15) is 0 Å². The Hall–Kier alpha value is -1.91. The van der Waals surface area contributed by atoms with Crippen LogP contribution in [0.5, 0.6) is 17.2 Å². The van der Waals surface area contributed by atoms with E-state index in [2.05, 4.69) is 24.3 Å². The Labute approximate surface area is 184 Å². The van der Waals surface area contributed by atoms with Crippen LogP contribution in [0.3, 0.4) is 0 Å². The lowest BCUT2D eigenvalue weighted by Gasteiger charge is -2.46. The van der Waals surface area contributed by atoms with E-state index >= 15 is 0 Å². The molecule has 2 fully saturated rings. The van der Waals surface area contributed by atoms with Crippen molar-refractivity contribution in [1.29, 1.82) is 0 Å². The molecule has 2 aromatic rings. The third kappa shape index (κ3) is 4.13. The van der Waals surface area contributed by atoms with Crippen LogP contribution in [-0.2, 0) is 0 Å². The summed E-state index contributed by atoms with van der Waals surface area (Å²) in [5.74, 6) is 4.16. The lowest BCUT2D eigenvalue weighted by molar-refractivity contribution is 0.0277. The van der Waals surface area contributed by atoms with Gasteiger partial charge in [-0.05, 0) is 91.2 Å². The van der Waals surface area contributed by atoms with Gasteiger partial charge in [-0.15, -0.1) is 0 Å². The molecular formula is C25H31ClO4. The summed E-state index contributed by atoms with van der Waals surface area (Å²) in [7, 11) is 4.99. The quantitative estimate of drug-likeness (QED) is 0.650. The van der Waals surface area contributed by atoms with Gasteiger partial charge in [0.15, 0.2) is 11.5 Å². The monoisotopic (exact) mass is 430 g/mol. The zero-order chi connectivity index (χ0) is 21.3. The van der Waals surface area contributed by atoms with Gasteiger partial charge >= 0.3 is 0 Å². The number of hydrogen-bond donors (Lipinski definition) is 1. The number of ether oxygens (including phenoxy) is 3. The van der Waals surface area contributed by atoms with Gasteiger partial charge in [-0.3, -0.25) is 0 Å². The van der Waals surface area contributed by atoms with Gasteiger partial charge in [0, 0.05) is 0 Å². The fourth-order valence-electron chi connectivity index (χ4n) is 5.70. The molecule has 5 heteroatoms. The number of fused-ring (bicyclic) bond motifs is 1. The van der Waals surface area contributed by atoms with E-state index in [9.17, 15) is 5.11 Å². The minimum atomic E-state index is -0.261. The van der Waals surface area contributed by atoms with E-state index in [0.717, 1.165) is 49.4 Å². The molecule has 1 N–H and O–H groups in total. The van der Waals surface area contributed by atoms with Crippen LogP contribution in [0.25, 0.3) is 0 Å². The minimum absolute atomic E-state index is 0.261. The fourth-order valence-corrected chi connectivity index (χ4v) is 5.90. The van der Waals surface area contributed by atoms with Crippen molar-refractivity contribution in [1.82, 2.24) is 0 Å². The normalized spacial score (nSPS) is 28.5. The maximum atomic E-state index is 10.7. The van der Waals surface area contributed by atoms with E-state index in [1.807, 2.05) is 12.1 Å². The lowest BCUT2D eigenvalue weighted by Crippen LogP contribution is -2.37. The first-order valence-electron chi connectivity index (χ1n) is 10.8. The van der Waals surface area contributed by atoms with Gasteiger partial charge in [0.25, 0.3) is 0 Å². The highest BCUT2D eigenvalue weighted by Crippen LogP contribution is 2.52. The van der Waals surface area contributed by atoms with Gasteiger partial charge in [0.05, 0.1) is 32.5 Å². The van der Waals surface area contributed by atoms with E-state index in [4.69, 9.17) is 25.8 Å². The second-order valence-electron chi connectivity index (χ2n) is 8.67. The SMILES string of the molecule is COc1cc(C2CCC3C(CC(O)CC3c3ccc(OC)c(OC)c3)C2)ccc1Cl. The summed E-state index contributed by atoms with van der Waals surface area (Å²) in [6.45, 7) is 0. The van der Waals surface area contributed by atoms with Crippen LogP contribution in [0.2, 0.25) is 5.02 Å². The third-order valence-electron chi connectivity index (χ3n) is 7.14. The molecule has 2 aliphatic rings. The molecule has 0 aromatic heterocycles. The van der Waals surface area contributed by atoms with Crippen LogP contribution >= 0.6 is 11.6 Å². The number of benzene rings is 2. The Kier molecular flexibility index (Phi) is 6.45. The van der Waals surface area contributed by atoms with Crippen molar-refractivity contribution < 1.29 is 19.3 Å². The molecule has 2 aromatic carbocycles. The molecule has 4 rings (SSSR count). The second-order valence-corrected chi connectivity index (χ2v) is 9.08. The molecule has 0 amide bonds. The average molecular weight is 431 g/mol. The van der Waals surface area contributed by atoms with E-state index in [1.165, 1.54) is 11.1 Å². The highest BCUT2D eigenvalue weighted by molar-refractivity contribution is 6.32. The molecule has 5 atom stereocenters. The van der Waals surface area contributed by atoms with Crippen molar-refractivity contribution in [3.8, 4) is 17.2 Å². The standard InChI is InChI=1S/C25H31ClO4/c1-28-23-9-6-17(13-25(23)30-3)21-14-19(27)11-18-10-15(4-7-20(18)21)16-5-8-22(26)24(12-16)29-2/h5-6,8-9,12-13,15,18-21,27H,4,7,10-11,14H2,1-3H3. The summed E-state index contributed by atoms with van der Waals surface area (Å²) < 4.78 is 16.4. The van der Waals surface area contributed by atoms with Crippen molar-refractivity contribution in [3.63, 3.8) is 0 Å². The summed E-state index contributed by atoms with van der Waals surface area (Å²) in [5.41, 5.74) is 2.53. The maximum absolute atomic E-state index is 10.7. The zero-order valence-electron chi connectivity index (χ0n) is 17.9. The summed E-state index contributed by atoms with van der Waals surface area (Å²) in [6.07, 6.45) is 4.84. The Morgan fingerprint density at radius 2 is 1.50 bits per heavy atom. The first-order chi connectivity index (χ1) is 14.5. The summed E-state index contributed by atoms with van der Waals surface area (Å²) >= 11 is 6.22. The number of aliphatic hydroxyl groups excluding tert-OH is 1. The van der Waals surface area contributed by atoms with Crippen molar-refractivity contribution in [2.75, 3.05) is 21.3 Å². The number of methoxy groups -OCH3 is 3. The van der Waals surface area contributed by atoms with Crippen molar-refractivity contribution in [2.24, 2.45) is 11.8 Å². The topological polar surface area (TPSA) is 47.9 Å². The van der Waals surface area contributed by atoms with Crippen LogP contribution in [0.4, 0.5) is 0 Å². The molecule has 30 heavy (non-hydrogen) atoms. The molecule has 0 spiro atoms. The van der Waals surface area contributed by atoms with Crippen molar-refractivity contribution in [3.05, 3.63) is 52.5 Å². The highest BCUT2D eigenvalue weighted by Gasteiger charge is 2.42. The minimum Gasteiger partial charge on any atom is -0.495 e. The van der Waals surface area contributed by atoms with Gasteiger partial charge in [0.1, 0.15) is 5.75 Å². The zero-order valence-corrected chi connectivity index (χ0v) is 18.7. The van der Waals surface area contributed by atoms with Crippen LogP contribution in [0, 0.1) is 11.8 Å². The smallest absolute Gasteiger partial charge is 0.160 e. The maximum Gasteiger partial charge on any atom is 0.160 e. The summed E-state index contributed by atoms with van der Waals surface area (Å²) in [5, 5.41) is 11.3. The third-order valence-corrected chi connectivity index (χ3v) is 7.45. The average Bonchev–Trinajstić information content (AvgIpc) is 2.77. The van der Waals surface area contributed by atoms with Crippen molar-refractivity contribution >= 4 is 11.6 Å². The van der Waals surface area contributed by atoms with Crippen LogP contribution in [-0.4, -0.2) is 32.5 Å². The molecule has 2 aliphatic carbocycles. The molecule has 0 radical (unpaired) electrons. The van der Waals surface area contributed by atoms with Gasteiger partial charge in [-0.25, -0.2) is 0 Å². The van der Waals surface area contributed by atoms with E-state index in [0.29, 0.717) is 28.7 Å². The largest absolute Gasteiger partial charge is 0.495 e. The predicted molar refractivity (Wildman–Crippen MR) is 119 cm³/mol. The number of halogens is 1. The van der Waals surface area contributed by atoms with E-state index in [-0.39, 0.29) is 6.10 Å². The van der Waals surface area contributed by atoms with Gasteiger partial charge in [-0.1, -0.05) is 23.7 Å². The Morgan fingerprint density at radius 3 is 2.23 bits per heavy atom. The fraction of sp³-hybridized carbons (Fsp3) is 0.520. The Morgan fingerprint density at radius 1 is 0.800 bits per heavy atom. The van der Waals surface area contributed by atoms with Crippen LogP contribution < -0.4 is 14.2 Å². The van der Waals surface area contributed by atoms with Crippen LogP contribution in [0.15, 0.2) is 36.4 Å². The number of rotatable bonds is 5. The van der Waals surface area contributed by atoms with Crippen molar-refractivity contribution in [2.45, 2.75) is 50.0 Å². The molecule has 5 unspecified atom stereocenters. The molecule has 162 valence electrons. The lowest BCUT2D eigenvalue weighted by atomic mass is 9.60. The number of aliphatic hydroxyl groups is 1. The predicted octanol–water partition coefficient (Wildman–Crippen LogP) is 5.80. The second kappa shape index (κ2) is 9.07.